The highest BCUT2D eigenvalue weighted by atomic mass is 32.2. The monoisotopic (exact) mass is 443 g/mol. The summed E-state index contributed by atoms with van der Waals surface area (Å²) in [6, 6.07) is 5.30. The lowest BCUT2D eigenvalue weighted by Crippen LogP contribution is -2.60. The fourth-order valence-corrected chi connectivity index (χ4v) is 7.60. The normalized spacial score (nSPS) is 23.5. The van der Waals surface area contributed by atoms with E-state index in [0.29, 0.717) is 6.42 Å². The quantitative estimate of drug-likeness (QED) is 0.412. The summed E-state index contributed by atoms with van der Waals surface area (Å²) < 4.78 is 58.8. The van der Waals surface area contributed by atoms with E-state index in [1.807, 2.05) is 6.92 Å². The van der Waals surface area contributed by atoms with Crippen molar-refractivity contribution in [3.05, 3.63) is 42.5 Å². The van der Waals surface area contributed by atoms with Crippen molar-refractivity contribution in [1.29, 1.82) is 0 Å². The van der Waals surface area contributed by atoms with Crippen molar-refractivity contribution in [1.82, 2.24) is 4.31 Å². The Labute approximate surface area is 174 Å². The van der Waals surface area contributed by atoms with E-state index in [1.54, 1.807) is 25.1 Å². The van der Waals surface area contributed by atoms with Gasteiger partial charge in [-0.25, -0.2) is 21.5 Å². The molecule has 162 valence electrons. The maximum atomic E-state index is 15.7. The highest BCUT2D eigenvalue weighted by Gasteiger charge is 2.69. The Balaban J connectivity index is 2.64. The molecule has 8 heteroatoms. The zero-order chi connectivity index (χ0) is 22.3. The molecule has 0 spiro atoms. The molecule has 2 atom stereocenters. The topological polar surface area (TPSA) is 54.5 Å². The van der Waals surface area contributed by atoms with Crippen LogP contribution in [0.4, 0.5) is 8.78 Å². The van der Waals surface area contributed by atoms with Gasteiger partial charge in [-0.15, -0.1) is 6.58 Å². The molecule has 0 radical (unpaired) electrons. The van der Waals surface area contributed by atoms with Gasteiger partial charge in [-0.1, -0.05) is 50.3 Å². The molecule has 1 aromatic rings. The van der Waals surface area contributed by atoms with Gasteiger partial charge < -0.3 is 0 Å². The van der Waals surface area contributed by atoms with Gasteiger partial charge in [0.15, 0.2) is 0 Å². The molecule has 1 aliphatic heterocycles. The van der Waals surface area contributed by atoms with Gasteiger partial charge in [0.05, 0.1) is 4.90 Å². The van der Waals surface area contributed by atoms with Gasteiger partial charge in [0.25, 0.3) is 10.0 Å². The van der Waals surface area contributed by atoms with Crippen molar-refractivity contribution in [3.63, 3.8) is 0 Å². The summed E-state index contributed by atoms with van der Waals surface area (Å²) in [6.07, 6.45) is 2.07. The average molecular weight is 444 g/mol. The first-order chi connectivity index (χ1) is 13.3. The lowest BCUT2D eigenvalue weighted by atomic mass is 9.81. The molecule has 1 aliphatic rings. The molecule has 1 heterocycles. The number of sulfonamides is 1. The van der Waals surface area contributed by atoms with Gasteiger partial charge in [0.2, 0.25) is 11.5 Å². The van der Waals surface area contributed by atoms with Crippen LogP contribution in [0.15, 0.2) is 41.8 Å². The summed E-state index contributed by atoms with van der Waals surface area (Å²) >= 11 is 0. The van der Waals surface area contributed by atoms with Crippen LogP contribution in [0, 0.1) is 12.3 Å². The molecule has 4 nitrogen and oxygen atoms in total. The number of hydrogen-bond acceptors (Lipinski definition) is 3. The Morgan fingerprint density at radius 1 is 1.28 bits per heavy atom. The third kappa shape index (κ3) is 3.81. The second-order valence-electron chi connectivity index (χ2n) is 8.90. The SMILES string of the molecule is C=CCC[C@@H]1CC(CC)(C(F)(F)[Si](C)(C)C)C(=O)N1S(=O)(=O)c1ccc(C)cc1. The third-order valence-corrected chi connectivity index (χ3v) is 10.2. The maximum Gasteiger partial charge on any atom is 0.266 e. The first-order valence-corrected chi connectivity index (χ1v) is 14.8. The number of nitrogens with zero attached hydrogens (tertiary/aromatic N) is 1. The van der Waals surface area contributed by atoms with E-state index in [2.05, 4.69) is 6.58 Å². The number of alkyl halides is 2. The standard InChI is InChI=1S/C21H31F2NO3SSi/c1-7-9-10-17-15-20(8-2,21(22,23)29(4,5)6)19(25)24(17)28(26,27)18-13-11-16(3)12-14-18/h7,11-14,17H,1,8-10,15H2,2-6H3/t17-,20?/m1/s1. The zero-order valence-electron chi connectivity index (χ0n) is 17.8. The molecular weight excluding hydrogens is 412 g/mol. The van der Waals surface area contributed by atoms with E-state index in [4.69, 9.17) is 0 Å². The van der Waals surface area contributed by atoms with Crippen LogP contribution < -0.4 is 0 Å². The van der Waals surface area contributed by atoms with E-state index in [0.717, 1.165) is 9.87 Å². The molecule has 1 fully saturated rings. The molecule has 1 aromatic carbocycles. The fraction of sp³-hybridized carbons (Fsp3) is 0.571. The molecule has 1 amide bonds. The predicted octanol–water partition coefficient (Wildman–Crippen LogP) is 5.16. The Morgan fingerprint density at radius 3 is 2.28 bits per heavy atom. The van der Waals surface area contributed by atoms with Crippen LogP contribution in [0.5, 0.6) is 0 Å². The highest BCUT2D eigenvalue weighted by molar-refractivity contribution is 7.89. The molecule has 0 aromatic heterocycles. The minimum absolute atomic E-state index is 0.0525. The molecule has 0 bridgehead atoms. The molecule has 0 saturated carbocycles. The van der Waals surface area contributed by atoms with E-state index in [9.17, 15) is 13.2 Å². The number of aryl methyl sites for hydroxylation is 1. The second-order valence-corrected chi connectivity index (χ2v) is 15.8. The number of amides is 1. The van der Waals surface area contributed by atoms with Gasteiger partial charge in [0, 0.05) is 6.04 Å². The summed E-state index contributed by atoms with van der Waals surface area (Å²) in [5, 5.41) is 0. The number of halogens is 2. The van der Waals surface area contributed by atoms with E-state index in [1.165, 1.54) is 31.8 Å². The van der Waals surface area contributed by atoms with Gasteiger partial charge in [-0.05, 0) is 44.7 Å². The Hall–Kier alpha value is -1.54. The van der Waals surface area contributed by atoms with Gasteiger partial charge in [0.1, 0.15) is 13.5 Å². The van der Waals surface area contributed by atoms with Gasteiger partial charge in [-0.2, -0.15) is 0 Å². The number of allylic oxidation sites excluding steroid dienone is 1. The number of rotatable bonds is 8. The molecule has 2 rings (SSSR count). The van der Waals surface area contributed by atoms with Crippen LogP contribution in [-0.4, -0.2) is 38.3 Å². The van der Waals surface area contributed by atoms with Crippen molar-refractivity contribution < 1.29 is 22.0 Å². The minimum Gasteiger partial charge on any atom is -0.273 e. The summed E-state index contributed by atoms with van der Waals surface area (Å²) in [7, 11) is -7.36. The largest absolute Gasteiger partial charge is 0.273 e. The summed E-state index contributed by atoms with van der Waals surface area (Å²) in [4.78, 5) is 13.4. The maximum absolute atomic E-state index is 15.7. The van der Waals surface area contributed by atoms with Crippen LogP contribution in [0.3, 0.4) is 0 Å². The number of carbonyl (C=O) groups excluding carboxylic acids is 1. The second kappa shape index (κ2) is 7.94. The Kier molecular flexibility index (Phi) is 6.50. The van der Waals surface area contributed by atoms with Gasteiger partial charge in [-0.3, -0.25) is 4.79 Å². The van der Waals surface area contributed by atoms with Crippen molar-refractivity contribution in [3.8, 4) is 0 Å². The highest BCUT2D eigenvalue weighted by Crippen LogP contribution is 2.55. The van der Waals surface area contributed by atoms with Crippen molar-refractivity contribution in [2.45, 2.75) is 75.7 Å². The van der Waals surface area contributed by atoms with Crippen molar-refractivity contribution >= 4 is 24.0 Å². The number of benzene rings is 1. The lowest BCUT2D eigenvalue weighted by molar-refractivity contribution is -0.146. The van der Waals surface area contributed by atoms with Crippen molar-refractivity contribution in [2.24, 2.45) is 5.41 Å². The first kappa shape index (κ1) is 23.7. The molecule has 1 saturated heterocycles. The molecule has 1 unspecified atom stereocenters. The Bertz CT molecular complexity index is 878. The lowest BCUT2D eigenvalue weighted by Gasteiger charge is -2.41. The van der Waals surface area contributed by atoms with Crippen LogP contribution in [-0.2, 0) is 14.8 Å². The summed E-state index contributed by atoms with van der Waals surface area (Å²) in [5.74, 6) is -0.970. The number of hydrogen-bond donors (Lipinski definition) is 0. The smallest absolute Gasteiger partial charge is 0.266 e. The zero-order valence-corrected chi connectivity index (χ0v) is 19.7. The van der Waals surface area contributed by atoms with E-state index < -0.39 is 41.0 Å². The van der Waals surface area contributed by atoms with Crippen LogP contribution >= 0.6 is 0 Å². The molecule has 0 aliphatic carbocycles. The number of carbonyl (C=O) groups is 1. The molecule has 0 N–H and O–H groups in total. The third-order valence-electron chi connectivity index (χ3n) is 5.95. The minimum atomic E-state index is -4.24. The Morgan fingerprint density at radius 2 is 1.83 bits per heavy atom. The van der Waals surface area contributed by atoms with E-state index in [-0.39, 0.29) is 24.2 Å². The van der Waals surface area contributed by atoms with Crippen LogP contribution in [0.1, 0.15) is 38.2 Å². The van der Waals surface area contributed by atoms with E-state index >= 15 is 8.78 Å². The predicted molar refractivity (Wildman–Crippen MR) is 114 cm³/mol. The van der Waals surface area contributed by atoms with Crippen LogP contribution in [0.2, 0.25) is 19.6 Å². The fourth-order valence-electron chi connectivity index (χ4n) is 4.11. The molecule has 29 heavy (non-hydrogen) atoms. The summed E-state index contributed by atoms with van der Waals surface area (Å²) in [6.45, 7) is 11.6. The summed E-state index contributed by atoms with van der Waals surface area (Å²) in [5.41, 5.74) is -4.37. The first-order valence-electron chi connectivity index (χ1n) is 9.90. The van der Waals surface area contributed by atoms with Crippen LogP contribution in [0.25, 0.3) is 0 Å². The molecular formula is C21H31F2NO3SSi. The van der Waals surface area contributed by atoms with Crippen molar-refractivity contribution in [2.75, 3.05) is 0 Å². The van der Waals surface area contributed by atoms with Gasteiger partial charge >= 0.3 is 0 Å². The average Bonchev–Trinajstić information content (AvgIpc) is 2.93.